The molecule has 1 fully saturated rings. The van der Waals surface area contributed by atoms with E-state index in [4.69, 9.17) is 9.47 Å². The van der Waals surface area contributed by atoms with Crippen LogP contribution in [0.1, 0.15) is 19.3 Å². The number of ether oxygens (including phenoxy) is 2. The zero-order valence-electron chi connectivity index (χ0n) is 9.58. The second-order valence-corrected chi connectivity index (χ2v) is 4.07. The van der Waals surface area contributed by atoms with Crippen molar-refractivity contribution in [1.82, 2.24) is 5.32 Å². The van der Waals surface area contributed by atoms with Crippen LogP contribution in [0.2, 0.25) is 0 Å². The Morgan fingerprint density at radius 2 is 2.20 bits per heavy atom. The second-order valence-electron chi connectivity index (χ2n) is 4.07. The van der Waals surface area contributed by atoms with Crippen LogP contribution in [0.25, 0.3) is 0 Å². The third-order valence-electron chi connectivity index (χ3n) is 2.84. The van der Waals surface area contributed by atoms with Crippen molar-refractivity contribution in [3.8, 4) is 0 Å². The molecule has 0 aromatic carbocycles. The zero-order valence-corrected chi connectivity index (χ0v) is 9.58. The number of methoxy groups -OCH3 is 1. The van der Waals surface area contributed by atoms with E-state index in [9.17, 15) is 5.11 Å². The van der Waals surface area contributed by atoms with Crippen LogP contribution in [0.15, 0.2) is 0 Å². The zero-order chi connectivity index (χ0) is 10.9. The number of hydrogen-bond acceptors (Lipinski definition) is 4. The van der Waals surface area contributed by atoms with Gasteiger partial charge >= 0.3 is 0 Å². The Kier molecular flexibility index (Phi) is 6.92. The summed E-state index contributed by atoms with van der Waals surface area (Å²) in [4.78, 5) is 0. The quantitative estimate of drug-likeness (QED) is 0.606. The average molecular weight is 217 g/mol. The van der Waals surface area contributed by atoms with Crippen LogP contribution in [0.3, 0.4) is 0 Å². The van der Waals surface area contributed by atoms with Gasteiger partial charge in [-0.05, 0) is 31.7 Å². The van der Waals surface area contributed by atoms with E-state index in [1.165, 1.54) is 0 Å². The normalized spacial score (nSPS) is 26.8. The van der Waals surface area contributed by atoms with Crippen molar-refractivity contribution in [1.29, 1.82) is 0 Å². The van der Waals surface area contributed by atoms with E-state index in [1.54, 1.807) is 7.11 Å². The van der Waals surface area contributed by atoms with Crippen LogP contribution in [-0.2, 0) is 9.47 Å². The van der Waals surface area contributed by atoms with Gasteiger partial charge in [0.2, 0.25) is 0 Å². The molecule has 2 unspecified atom stereocenters. The predicted octanol–water partition coefficient (Wildman–Crippen LogP) is 0.400. The molecule has 0 saturated carbocycles. The summed E-state index contributed by atoms with van der Waals surface area (Å²) in [6.45, 7) is 4.11. The summed E-state index contributed by atoms with van der Waals surface area (Å²) in [7, 11) is 1.70. The van der Waals surface area contributed by atoms with Crippen molar-refractivity contribution in [2.75, 3.05) is 40.0 Å². The molecular weight excluding hydrogens is 194 g/mol. The summed E-state index contributed by atoms with van der Waals surface area (Å²) in [5.41, 5.74) is 0. The third kappa shape index (κ3) is 5.47. The van der Waals surface area contributed by atoms with Gasteiger partial charge in [-0.3, -0.25) is 0 Å². The smallest absolute Gasteiger partial charge is 0.0593 e. The SMILES string of the molecule is COCCCOCCC1CNCCC1O. The lowest BCUT2D eigenvalue weighted by Gasteiger charge is -2.28. The molecule has 1 aliphatic rings. The maximum atomic E-state index is 9.69. The number of piperidine rings is 1. The molecule has 0 aromatic rings. The van der Waals surface area contributed by atoms with Crippen LogP contribution in [0.4, 0.5) is 0 Å². The molecule has 0 aliphatic carbocycles. The van der Waals surface area contributed by atoms with Gasteiger partial charge in [-0.15, -0.1) is 0 Å². The van der Waals surface area contributed by atoms with Crippen LogP contribution in [0.5, 0.6) is 0 Å². The molecule has 90 valence electrons. The lowest BCUT2D eigenvalue weighted by molar-refractivity contribution is 0.0426. The molecule has 1 aliphatic heterocycles. The first kappa shape index (κ1) is 12.9. The Bertz CT molecular complexity index is 155. The highest BCUT2D eigenvalue weighted by molar-refractivity contribution is 4.76. The molecule has 15 heavy (non-hydrogen) atoms. The van der Waals surface area contributed by atoms with E-state index in [2.05, 4.69) is 5.32 Å². The van der Waals surface area contributed by atoms with Crippen molar-refractivity contribution in [2.24, 2.45) is 5.92 Å². The van der Waals surface area contributed by atoms with Crippen molar-refractivity contribution in [3.05, 3.63) is 0 Å². The maximum Gasteiger partial charge on any atom is 0.0593 e. The summed E-state index contributed by atoms with van der Waals surface area (Å²) in [5, 5.41) is 13.0. The Hall–Kier alpha value is -0.160. The van der Waals surface area contributed by atoms with Gasteiger partial charge < -0.3 is 19.9 Å². The number of aliphatic hydroxyl groups excluding tert-OH is 1. The molecule has 1 rings (SSSR count). The van der Waals surface area contributed by atoms with Crippen LogP contribution in [0, 0.1) is 5.92 Å². The second kappa shape index (κ2) is 8.05. The lowest BCUT2D eigenvalue weighted by Crippen LogP contribution is -2.40. The van der Waals surface area contributed by atoms with Gasteiger partial charge in [0.1, 0.15) is 0 Å². The Morgan fingerprint density at radius 1 is 1.33 bits per heavy atom. The fraction of sp³-hybridized carbons (Fsp3) is 1.00. The topological polar surface area (TPSA) is 50.7 Å². The maximum absolute atomic E-state index is 9.69. The molecule has 4 nitrogen and oxygen atoms in total. The van der Waals surface area contributed by atoms with Crippen LogP contribution < -0.4 is 5.32 Å². The lowest BCUT2D eigenvalue weighted by atomic mass is 9.93. The van der Waals surface area contributed by atoms with Gasteiger partial charge in [-0.25, -0.2) is 0 Å². The highest BCUT2D eigenvalue weighted by Gasteiger charge is 2.21. The average Bonchev–Trinajstić information content (AvgIpc) is 2.25. The number of hydrogen-bond donors (Lipinski definition) is 2. The van der Waals surface area contributed by atoms with Crippen LogP contribution >= 0.6 is 0 Å². The van der Waals surface area contributed by atoms with Gasteiger partial charge in [-0.1, -0.05) is 0 Å². The van der Waals surface area contributed by atoms with Crippen molar-refractivity contribution in [3.63, 3.8) is 0 Å². The summed E-state index contributed by atoms with van der Waals surface area (Å²) in [5.74, 6) is 0.362. The third-order valence-corrected chi connectivity index (χ3v) is 2.84. The van der Waals surface area contributed by atoms with Gasteiger partial charge in [0.25, 0.3) is 0 Å². The van der Waals surface area contributed by atoms with E-state index in [0.29, 0.717) is 5.92 Å². The largest absolute Gasteiger partial charge is 0.393 e. The minimum absolute atomic E-state index is 0.145. The molecule has 0 spiro atoms. The Balaban J connectivity index is 1.94. The summed E-state index contributed by atoms with van der Waals surface area (Å²) < 4.78 is 10.4. The first-order valence-corrected chi connectivity index (χ1v) is 5.80. The molecule has 2 atom stereocenters. The van der Waals surface area contributed by atoms with Crippen LogP contribution in [-0.4, -0.2) is 51.2 Å². The van der Waals surface area contributed by atoms with Gasteiger partial charge in [0.15, 0.2) is 0 Å². The van der Waals surface area contributed by atoms with E-state index >= 15 is 0 Å². The van der Waals surface area contributed by atoms with Gasteiger partial charge in [-0.2, -0.15) is 0 Å². The van der Waals surface area contributed by atoms with E-state index in [-0.39, 0.29) is 6.10 Å². The number of aliphatic hydroxyl groups is 1. The fourth-order valence-corrected chi connectivity index (χ4v) is 1.85. The van der Waals surface area contributed by atoms with Crippen molar-refractivity contribution < 1.29 is 14.6 Å². The minimum atomic E-state index is -0.145. The molecule has 1 heterocycles. The van der Waals surface area contributed by atoms with E-state index in [1.807, 2.05) is 0 Å². The first-order chi connectivity index (χ1) is 7.34. The molecule has 0 amide bonds. The molecule has 1 saturated heterocycles. The first-order valence-electron chi connectivity index (χ1n) is 5.80. The summed E-state index contributed by atoms with van der Waals surface area (Å²) in [6, 6.07) is 0. The molecular formula is C11H23NO3. The molecule has 0 aromatic heterocycles. The van der Waals surface area contributed by atoms with Crippen molar-refractivity contribution >= 4 is 0 Å². The molecule has 0 radical (unpaired) electrons. The molecule has 4 heteroatoms. The molecule has 2 N–H and O–H groups in total. The van der Waals surface area contributed by atoms with Gasteiger partial charge in [0, 0.05) is 33.5 Å². The highest BCUT2D eigenvalue weighted by atomic mass is 16.5. The van der Waals surface area contributed by atoms with E-state index < -0.39 is 0 Å². The Morgan fingerprint density at radius 3 is 2.93 bits per heavy atom. The monoisotopic (exact) mass is 217 g/mol. The standard InChI is InChI=1S/C11H23NO3/c1-14-6-2-7-15-8-4-10-9-12-5-3-11(10)13/h10-13H,2-9H2,1H3. The van der Waals surface area contributed by atoms with E-state index in [0.717, 1.165) is 52.2 Å². The van der Waals surface area contributed by atoms with Gasteiger partial charge in [0.05, 0.1) is 6.10 Å². The summed E-state index contributed by atoms with van der Waals surface area (Å²) in [6.07, 6.45) is 2.62. The predicted molar refractivity (Wildman–Crippen MR) is 58.9 cm³/mol. The number of rotatable bonds is 7. The van der Waals surface area contributed by atoms with Crippen molar-refractivity contribution in [2.45, 2.75) is 25.4 Å². The minimum Gasteiger partial charge on any atom is -0.393 e. The molecule has 0 bridgehead atoms. The Labute approximate surface area is 92.0 Å². The number of nitrogens with one attached hydrogen (secondary N) is 1. The summed E-state index contributed by atoms with van der Waals surface area (Å²) >= 11 is 0. The fourth-order valence-electron chi connectivity index (χ4n) is 1.85. The highest BCUT2D eigenvalue weighted by Crippen LogP contribution is 2.14.